The van der Waals surface area contributed by atoms with Gasteiger partial charge in [-0.1, -0.05) is 12.0 Å². The normalized spacial score (nSPS) is 12.6. The molecule has 0 atom stereocenters. The molecule has 1 rings (SSSR count). The van der Waals surface area contributed by atoms with Gasteiger partial charge in [-0.25, -0.2) is 13.1 Å². The van der Waals surface area contributed by atoms with E-state index in [1.807, 2.05) is 20.8 Å². The number of aromatic nitrogens is 2. The smallest absolute Gasteiger partial charge is 0.315 e. The van der Waals surface area contributed by atoms with E-state index in [0.29, 0.717) is 19.0 Å². The van der Waals surface area contributed by atoms with Crippen LogP contribution in [0, 0.1) is 0 Å². The second-order valence-corrected chi connectivity index (χ2v) is 7.27. The Morgan fingerprint density at radius 3 is 2.55 bits per heavy atom. The second kappa shape index (κ2) is 7.00. The van der Waals surface area contributed by atoms with Crippen LogP contribution in [0.5, 0.6) is 0 Å². The van der Waals surface area contributed by atoms with Gasteiger partial charge in [0.15, 0.2) is 0 Å². The van der Waals surface area contributed by atoms with Crippen molar-refractivity contribution in [2.45, 2.75) is 39.8 Å². The number of rotatable bonds is 8. The predicted molar refractivity (Wildman–Crippen MR) is 76.8 cm³/mol. The van der Waals surface area contributed by atoms with Gasteiger partial charge in [0.1, 0.15) is 0 Å². The van der Waals surface area contributed by atoms with E-state index in [1.165, 1.54) is 0 Å². The molecule has 0 saturated carbocycles. The van der Waals surface area contributed by atoms with Crippen molar-refractivity contribution in [2.24, 2.45) is 0 Å². The molecule has 20 heavy (non-hydrogen) atoms. The molecule has 116 valence electrons. The van der Waals surface area contributed by atoms with E-state index < -0.39 is 10.0 Å². The molecule has 1 aromatic heterocycles. The maximum atomic E-state index is 11.4. The molecule has 0 aromatic carbocycles. The summed E-state index contributed by atoms with van der Waals surface area (Å²) in [6, 6.07) is 0.224. The molecule has 0 aliphatic rings. The van der Waals surface area contributed by atoms with E-state index in [1.54, 1.807) is 6.92 Å². The average Bonchev–Trinajstić information content (AvgIpc) is 2.73. The highest BCUT2D eigenvalue weighted by Gasteiger charge is 2.13. The third kappa shape index (κ3) is 6.83. The van der Waals surface area contributed by atoms with Gasteiger partial charge in [0.05, 0.1) is 12.3 Å². The Hall–Kier alpha value is -1.19. The van der Waals surface area contributed by atoms with E-state index >= 15 is 0 Å². The number of anilines is 1. The molecule has 1 aromatic rings. The minimum atomic E-state index is -3.24. The Balaban J connectivity index is 2.37. The summed E-state index contributed by atoms with van der Waals surface area (Å²) in [7, 11) is -3.24. The summed E-state index contributed by atoms with van der Waals surface area (Å²) < 4.78 is 30.6. The SMILES string of the molecule is CCNS(=O)(=O)CCNc1nnc(CNC(C)(C)C)o1. The van der Waals surface area contributed by atoms with Gasteiger partial charge in [0, 0.05) is 18.6 Å². The molecule has 1 heterocycles. The molecule has 0 saturated heterocycles. The third-order valence-electron chi connectivity index (χ3n) is 2.25. The number of hydrogen-bond donors (Lipinski definition) is 3. The number of hydrogen-bond acceptors (Lipinski definition) is 7. The number of sulfonamides is 1. The van der Waals surface area contributed by atoms with Crippen LogP contribution in [-0.2, 0) is 16.6 Å². The van der Waals surface area contributed by atoms with Crippen LogP contribution in [0.2, 0.25) is 0 Å². The minimum absolute atomic E-state index is 0.0397. The molecule has 3 N–H and O–H groups in total. The third-order valence-corrected chi connectivity index (χ3v) is 3.72. The first-order chi connectivity index (χ1) is 9.22. The molecule has 0 unspecified atom stereocenters. The fraction of sp³-hybridized carbons (Fsp3) is 0.818. The van der Waals surface area contributed by atoms with Crippen LogP contribution in [0.3, 0.4) is 0 Å². The Kier molecular flexibility index (Phi) is 5.90. The van der Waals surface area contributed by atoms with Crippen molar-refractivity contribution in [3.05, 3.63) is 5.89 Å². The average molecular weight is 305 g/mol. The highest BCUT2D eigenvalue weighted by atomic mass is 32.2. The fourth-order valence-corrected chi connectivity index (χ4v) is 2.28. The van der Waals surface area contributed by atoms with Crippen molar-refractivity contribution >= 4 is 16.0 Å². The van der Waals surface area contributed by atoms with E-state index in [4.69, 9.17) is 4.42 Å². The fourth-order valence-electron chi connectivity index (χ4n) is 1.32. The van der Waals surface area contributed by atoms with Gasteiger partial charge in [-0.05, 0) is 20.8 Å². The molecule has 0 aliphatic carbocycles. The topological polar surface area (TPSA) is 109 Å². The summed E-state index contributed by atoms with van der Waals surface area (Å²) in [5.41, 5.74) is -0.0397. The van der Waals surface area contributed by atoms with Crippen LogP contribution in [0.25, 0.3) is 0 Å². The molecule has 0 amide bonds. The summed E-state index contributed by atoms with van der Waals surface area (Å²) >= 11 is 0. The van der Waals surface area contributed by atoms with Gasteiger partial charge in [0.2, 0.25) is 15.9 Å². The lowest BCUT2D eigenvalue weighted by Gasteiger charge is -2.18. The van der Waals surface area contributed by atoms with Crippen molar-refractivity contribution in [3.63, 3.8) is 0 Å². The lowest BCUT2D eigenvalue weighted by Crippen LogP contribution is -2.35. The van der Waals surface area contributed by atoms with Gasteiger partial charge in [-0.15, -0.1) is 5.10 Å². The molecule has 9 heteroatoms. The van der Waals surface area contributed by atoms with Gasteiger partial charge in [-0.3, -0.25) is 0 Å². The Morgan fingerprint density at radius 2 is 1.95 bits per heavy atom. The van der Waals surface area contributed by atoms with Crippen LogP contribution in [-0.4, -0.2) is 43.0 Å². The van der Waals surface area contributed by atoms with Crippen molar-refractivity contribution in [2.75, 3.05) is 24.2 Å². The summed E-state index contributed by atoms with van der Waals surface area (Å²) in [5, 5.41) is 13.7. The van der Waals surface area contributed by atoms with Crippen LogP contribution >= 0.6 is 0 Å². The van der Waals surface area contributed by atoms with E-state index in [2.05, 4.69) is 25.6 Å². The predicted octanol–water partition coefficient (Wildman–Crippen LogP) is 0.309. The van der Waals surface area contributed by atoms with E-state index in [-0.39, 0.29) is 23.9 Å². The Labute approximate surface area is 119 Å². The summed E-state index contributed by atoms with van der Waals surface area (Å²) in [4.78, 5) is 0. The van der Waals surface area contributed by atoms with Gasteiger partial charge < -0.3 is 15.1 Å². The van der Waals surface area contributed by atoms with Gasteiger partial charge in [-0.2, -0.15) is 0 Å². The maximum Gasteiger partial charge on any atom is 0.315 e. The molecule has 0 aliphatic heterocycles. The first-order valence-electron chi connectivity index (χ1n) is 6.50. The maximum absolute atomic E-state index is 11.4. The number of nitrogens with zero attached hydrogens (tertiary/aromatic N) is 2. The van der Waals surface area contributed by atoms with Crippen molar-refractivity contribution in [3.8, 4) is 0 Å². The minimum Gasteiger partial charge on any atom is -0.407 e. The lowest BCUT2D eigenvalue weighted by atomic mass is 10.1. The molecular weight excluding hydrogens is 282 g/mol. The standard InChI is InChI=1S/C11H23N5O3S/c1-5-14-20(17,18)7-6-12-10-16-15-9(19-10)8-13-11(2,3)4/h13-14H,5-8H2,1-4H3,(H,12,16). The van der Waals surface area contributed by atoms with Crippen molar-refractivity contribution in [1.82, 2.24) is 20.2 Å². The van der Waals surface area contributed by atoms with Crippen LogP contribution in [0.1, 0.15) is 33.6 Å². The number of nitrogens with one attached hydrogen (secondary N) is 3. The Bertz CT molecular complexity index is 506. The molecular formula is C11H23N5O3S. The highest BCUT2D eigenvalue weighted by molar-refractivity contribution is 7.89. The van der Waals surface area contributed by atoms with Crippen molar-refractivity contribution < 1.29 is 12.8 Å². The monoisotopic (exact) mass is 305 g/mol. The highest BCUT2D eigenvalue weighted by Crippen LogP contribution is 2.07. The molecule has 8 nitrogen and oxygen atoms in total. The second-order valence-electron chi connectivity index (χ2n) is 5.35. The zero-order valence-corrected chi connectivity index (χ0v) is 13.2. The van der Waals surface area contributed by atoms with Crippen molar-refractivity contribution in [1.29, 1.82) is 0 Å². The first kappa shape index (κ1) is 16.9. The molecule has 0 radical (unpaired) electrons. The van der Waals surface area contributed by atoms with Crippen LogP contribution in [0.4, 0.5) is 6.01 Å². The summed E-state index contributed by atoms with van der Waals surface area (Å²) in [5.74, 6) is 0.413. The first-order valence-corrected chi connectivity index (χ1v) is 8.16. The van der Waals surface area contributed by atoms with Gasteiger partial charge in [0.25, 0.3) is 0 Å². The van der Waals surface area contributed by atoms with Crippen LogP contribution < -0.4 is 15.4 Å². The largest absolute Gasteiger partial charge is 0.407 e. The summed E-state index contributed by atoms with van der Waals surface area (Å²) in [6.07, 6.45) is 0. The van der Waals surface area contributed by atoms with Gasteiger partial charge >= 0.3 is 6.01 Å². The van der Waals surface area contributed by atoms with E-state index in [0.717, 1.165) is 0 Å². The zero-order valence-electron chi connectivity index (χ0n) is 12.4. The quantitative estimate of drug-likeness (QED) is 0.634. The lowest BCUT2D eigenvalue weighted by molar-refractivity contribution is 0.384. The van der Waals surface area contributed by atoms with E-state index in [9.17, 15) is 8.42 Å². The molecule has 0 spiro atoms. The molecule has 0 bridgehead atoms. The summed E-state index contributed by atoms with van der Waals surface area (Å²) in [6.45, 7) is 8.90. The zero-order chi connectivity index (χ0) is 15.2. The Morgan fingerprint density at radius 1 is 1.25 bits per heavy atom. The van der Waals surface area contributed by atoms with Crippen LogP contribution in [0.15, 0.2) is 4.42 Å². The molecule has 0 fully saturated rings.